The van der Waals surface area contributed by atoms with Gasteiger partial charge in [-0.05, 0) is 37.1 Å². The van der Waals surface area contributed by atoms with Crippen molar-refractivity contribution < 1.29 is 4.79 Å². The number of nitrogens with one attached hydrogen (secondary N) is 1. The third kappa shape index (κ3) is 3.73. The number of hydrogen-bond donors (Lipinski definition) is 1. The molecule has 0 aliphatic carbocycles. The minimum atomic E-state index is -0.283. The normalized spacial score (nSPS) is 10.9. The summed E-state index contributed by atoms with van der Waals surface area (Å²) in [5.41, 5.74) is 4.41. The molecular weight excluding hydrogens is 370 g/mol. The quantitative estimate of drug-likeness (QED) is 0.563. The van der Waals surface area contributed by atoms with Gasteiger partial charge in [0.1, 0.15) is 0 Å². The molecule has 0 aliphatic heterocycles. The highest BCUT2D eigenvalue weighted by Gasteiger charge is 2.12. The molecule has 2 heterocycles. The van der Waals surface area contributed by atoms with E-state index in [-0.39, 0.29) is 11.5 Å². The minimum absolute atomic E-state index is 0.146. The molecule has 0 fully saturated rings. The Morgan fingerprint density at radius 3 is 2.61 bits per heavy atom. The maximum Gasteiger partial charge on any atom is 0.258 e. The highest BCUT2D eigenvalue weighted by atomic mass is 32.1. The van der Waals surface area contributed by atoms with E-state index in [1.807, 2.05) is 56.3 Å². The maximum atomic E-state index is 12.7. The number of para-hydroxylation sites is 1. The van der Waals surface area contributed by atoms with Crippen molar-refractivity contribution >= 4 is 32.6 Å². The van der Waals surface area contributed by atoms with Gasteiger partial charge < -0.3 is 4.57 Å². The van der Waals surface area contributed by atoms with Crippen LogP contribution in [-0.2, 0) is 6.54 Å². The summed E-state index contributed by atoms with van der Waals surface area (Å²) in [5.74, 6) is -0.283. The maximum absolute atomic E-state index is 12.7. The summed E-state index contributed by atoms with van der Waals surface area (Å²) >= 11 is 1.43. The third-order valence-electron chi connectivity index (χ3n) is 4.56. The highest BCUT2D eigenvalue weighted by Crippen LogP contribution is 2.28. The topological polar surface area (TPSA) is 64.0 Å². The van der Waals surface area contributed by atoms with Gasteiger partial charge in [0, 0.05) is 12.3 Å². The zero-order valence-corrected chi connectivity index (χ0v) is 16.4. The second kappa shape index (κ2) is 7.40. The lowest BCUT2D eigenvalue weighted by Crippen LogP contribution is -2.22. The molecule has 0 bridgehead atoms. The Hall–Kier alpha value is -3.25. The van der Waals surface area contributed by atoms with Crippen LogP contribution in [0.3, 0.4) is 0 Å². The van der Waals surface area contributed by atoms with Crippen LogP contribution in [0.5, 0.6) is 0 Å². The lowest BCUT2D eigenvalue weighted by atomic mass is 10.1. The fraction of sp³-hybridized carbons (Fsp3) is 0.136. The van der Waals surface area contributed by atoms with Crippen molar-refractivity contribution in [1.82, 2.24) is 9.55 Å². The predicted octanol–water partition coefficient (Wildman–Crippen LogP) is 4.38. The van der Waals surface area contributed by atoms with Gasteiger partial charge >= 0.3 is 0 Å². The number of pyridine rings is 1. The van der Waals surface area contributed by atoms with Gasteiger partial charge in [0.2, 0.25) is 0 Å². The minimum Gasteiger partial charge on any atom is -0.310 e. The summed E-state index contributed by atoms with van der Waals surface area (Å²) in [6.07, 6.45) is 1.59. The Kier molecular flexibility index (Phi) is 4.79. The second-order valence-electron chi connectivity index (χ2n) is 6.76. The molecule has 1 amide bonds. The van der Waals surface area contributed by atoms with Crippen LogP contribution in [0.25, 0.3) is 10.2 Å². The highest BCUT2D eigenvalue weighted by molar-refractivity contribution is 7.22. The van der Waals surface area contributed by atoms with Gasteiger partial charge in [-0.15, -0.1) is 0 Å². The fourth-order valence-electron chi connectivity index (χ4n) is 2.99. The van der Waals surface area contributed by atoms with Crippen LogP contribution in [0, 0.1) is 13.8 Å². The zero-order valence-electron chi connectivity index (χ0n) is 15.6. The van der Waals surface area contributed by atoms with Crippen molar-refractivity contribution in [2.24, 2.45) is 0 Å². The number of benzene rings is 2. The molecule has 5 nitrogen and oxygen atoms in total. The molecule has 28 heavy (non-hydrogen) atoms. The molecule has 1 N–H and O–H groups in total. The molecule has 4 rings (SSSR count). The van der Waals surface area contributed by atoms with E-state index in [0.29, 0.717) is 17.2 Å². The van der Waals surface area contributed by atoms with Gasteiger partial charge in [0.25, 0.3) is 11.5 Å². The molecule has 0 radical (unpaired) electrons. The summed E-state index contributed by atoms with van der Waals surface area (Å²) in [5, 5.41) is 3.39. The van der Waals surface area contributed by atoms with E-state index in [0.717, 1.165) is 26.9 Å². The Morgan fingerprint density at radius 1 is 1.07 bits per heavy atom. The van der Waals surface area contributed by atoms with Crippen LogP contribution >= 0.6 is 11.3 Å². The number of anilines is 1. The smallest absolute Gasteiger partial charge is 0.258 e. The van der Waals surface area contributed by atoms with Crippen LogP contribution in [0.4, 0.5) is 5.13 Å². The SMILES string of the molecule is Cc1ccc(Cn2cc(C(=O)Nc3nc4c(C)cccc4s3)ccc2=O)cc1. The number of aryl methyl sites for hydroxylation is 2. The van der Waals surface area contributed by atoms with E-state index in [1.54, 1.807) is 16.8 Å². The van der Waals surface area contributed by atoms with E-state index in [2.05, 4.69) is 10.3 Å². The van der Waals surface area contributed by atoms with E-state index >= 15 is 0 Å². The van der Waals surface area contributed by atoms with E-state index in [9.17, 15) is 9.59 Å². The molecule has 0 atom stereocenters. The van der Waals surface area contributed by atoms with Gasteiger partial charge in [-0.2, -0.15) is 0 Å². The monoisotopic (exact) mass is 389 g/mol. The Balaban J connectivity index is 1.57. The van der Waals surface area contributed by atoms with Crippen molar-refractivity contribution in [2.75, 3.05) is 5.32 Å². The van der Waals surface area contributed by atoms with E-state index in [1.165, 1.54) is 17.4 Å². The molecule has 0 spiro atoms. The fourth-order valence-corrected chi connectivity index (χ4v) is 3.93. The molecule has 0 saturated heterocycles. The molecule has 140 valence electrons. The molecule has 6 heteroatoms. The Labute approximate surface area is 166 Å². The summed E-state index contributed by atoms with van der Waals surface area (Å²) in [6, 6.07) is 16.9. The van der Waals surface area contributed by atoms with Crippen LogP contribution < -0.4 is 10.9 Å². The molecule has 0 aliphatic rings. The molecule has 4 aromatic rings. The number of carbonyl (C=O) groups is 1. The van der Waals surface area contributed by atoms with Gasteiger partial charge in [0.05, 0.1) is 22.3 Å². The summed E-state index contributed by atoms with van der Waals surface area (Å²) in [4.78, 5) is 29.4. The number of fused-ring (bicyclic) bond motifs is 1. The average Bonchev–Trinajstić information content (AvgIpc) is 3.09. The zero-order chi connectivity index (χ0) is 19.7. The summed E-state index contributed by atoms with van der Waals surface area (Å²) in [6.45, 7) is 4.43. The summed E-state index contributed by atoms with van der Waals surface area (Å²) in [7, 11) is 0. The standard InChI is InChI=1S/C22H19N3O2S/c1-14-6-8-16(9-7-14)12-25-13-17(10-11-19(25)26)21(27)24-22-23-20-15(2)4-3-5-18(20)28-22/h3-11,13H,12H2,1-2H3,(H,23,24,27). The number of rotatable bonds is 4. The van der Waals surface area contributed by atoms with Crippen LogP contribution in [-0.4, -0.2) is 15.5 Å². The van der Waals surface area contributed by atoms with Crippen LogP contribution in [0.1, 0.15) is 27.0 Å². The van der Waals surface area contributed by atoms with Gasteiger partial charge in [-0.25, -0.2) is 4.98 Å². The summed E-state index contributed by atoms with van der Waals surface area (Å²) < 4.78 is 2.57. The molecule has 2 aromatic heterocycles. The first-order valence-electron chi connectivity index (χ1n) is 8.93. The van der Waals surface area contributed by atoms with Crippen molar-refractivity contribution in [3.05, 3.63) is 93.4 Å². The number of hydrogen-bond acceptors (Lipinski definition) is 4. The third-order valence-corrected chi connectivity index (χ3v) is 5.50. The number of nitrogens with zero attached hydrogens (tertiary/aromatic N) is 2. The van der Waals surface area contributed by atoms with E-state index < -0.39 is 0 Å². The van der Waals surface area contributed by atoms with Gasteiger partial charge in [-0.1, -0.05) is 53.3 Å². The molecular formula is C22H19N3O2S. The Bertz CT molecular complexity index is 1220. The first-order valence-corrected chi connectivity index (χ1v) is 9.75. The molecule has 2 aromatic carbocycles. The van der Waals surface area contributed by atoms with Crippen molar-refractivity contribution in [3.8, 4) is 0 Å². The van der Waals surface area contributed by atoms with Crippen LogP contribution in [0.2, 0.25) is 0 Å². The Morgan fingerprint density at radius 2 is 1.86 bits per heavy atom. The first kappa shape index (κ1) is 18.1. The van der Waals surface area contributed by atoms with Crippen molar-refractivity contribution in [2.45, 2.75) is 20.4 Å². The predicted molar refractivity (Wildman–Crippen MR) is 113 cm³/mol. The average molecular weight is 389 g/mol. The van der Waals surface area contributed by atoms with Crippen molar-refractivity contribution in [1.29, 1.82) is 0 Å². The van der Waals surface area contributed by atoms with Crippen LogP contribution in [0.15, 0.2) is 65.6 Å². The number of thiazole rings is 1. The first-order chi connectivity index (χ1) is 13.5. The van der Waals surface area contributed by atoms with E-state index in [4.69, 9.17) is 0 Å². The second-order valence-corrected chi connectivity index (χ2v) is 7.79. The molecule has 0 unspecified atom stereocenters. The van der Waals surface area contributed by atoms with Crippen molar-refractivity contribution in [3.63, 3.8) is 0 Å². The van der Waals surface area contributed by atoms with Gasteiger partial charge in [-0.3, -0.25) is 14.9 Å². The number of carbonyl (C=O) groups excluding carboxylic acids is 1. The lowest BCUT2D eigenvalue weighted by Gasteiger charge is -2.08. The molecule has 0 saturated carbocycles. The van der Waals surface area contributed by atoms with Gasteiger partial charge in [0.15, 0.2) is 5.13 Å². The number of amides is 1. The lowest BCUT2D eigenvalue weighted by molar-refractivity contribution is 0.102. The largest absolute Gasteiger partial charge is 0.310 e. The number of aromatic nitrogens is 2.